The molecule has 4 nitrogen and oxygen atoms in total. The number of nitrogens with one attached hydrogen (secondary N) is 1. The Morgan fingerprint density at radius 3 is 2.85 bits per heavy atom. The van der Waals surface area contributed by atoms with Gasteiger partial charge in [-0.25, -0.2) is 0 Å². The summed E-state index contributed by atoms with van der Waals surface area (Å²) in [4.78, 5) is 11.1. The highest BCUT2D eigenvalue weighted by Crippen LogP contribution is 2.24. The summed E-state index contributed by atoms with van der Waals surface area (Å²) in [5.74, 6) is 0.558. The van der Waals surface area contributed by atoms with Gasteiger partial charge in [0.1, 0.15) is 6.61 Å². The van der Waals surface area contributed by atoms with Gasteiger partial charge >= 0.3 is 0 Å². The maximum absolute atomic E-state index is 11.1. The zero-order valence-corrected chi connectivity index (χ0v) is 8.08. The summed E-state index contributed by atoms with van der Waals surface area (Å²) in [6.45, 7) is 3.38. The minimum atomic E-state index is -0.0256. The third-order valence-corrected chi connectivity index (χ3v) is 2.30. The summed E-state index contributed by atoms with van der Waals surface area (Å²) in [6.07, 6.45) is 2.07. The lowest BCUT2D eigenvalue weighted by Crippen LogP contribution is -2.43. The van der Waals surface area contributed by atoms with Crippen LogP contribution in [-0.4, -0.2) is 31.7 Å². The number of hydrogen-bond acceptors (Lipinski definition) is 3. The van der Waals surface area contributed by atoms with E-state index >= 15 is 0 Å². The van der Waals surface area contributed by atoms with Crippen molar-refractivity contribution in [1.82, 2.24) is 5.32 Å². The van der Waals surface area contributed by atoms with E-state index < -0.39 is 0 Å². The van der Waals surface area contributed by atoms with Crippen LogP contribution in [0, 0.1) is 5.92 Å². The number of rotatable bonds is 5. The Labute approximate surface area is 78.8 Å². The maximum atomic E-state index is 11.1. The van der Waals surface area contributed by atoms with Crippen molar-refractivity contribution < 1.29 is 9.53 Å². The second kappa shape index (κ2) is 5.19. The molecule has 1 aliphatic carbocycles. The second-order valence-corrected chi connectivity index (χ2v) is 3.54. The maximum Gasteiger partial charge on any atom is 0.246 e. The first kappa shape index (κ1) is 10.5. The lowest BCUT2D eigenvalue weighted by molar-refractivity contribution is -0.125. The van der Waals surface area contributed by atoms with E-state index in [1.807, 2.05) is 6.92 Å². The van der Waals surface area contributed by atoms with E-state index in [-0.39, 0.29) is 12.5 Å². The standard InChI is InChI=1S/C9H18N2O2/c1-2-13-6-9(12)11-5-7-3-8(10)4-7/h7-8H,2-6,10H2,1H3,(H,11,12). The van der Waals surface area contributed by atoms with Crippen LogP contribution in [0.1, 0.15) is 19.8 Å². The van der Waals surface area contributed by atoms with Gasteiger partial charge in [0.15, 0.2) is 0 Å². The molecule has 3 N–H and O–H groups in total. The number of amides is 1. The summed E-state index contributed by atoms with van der Waals surface area (Å²) in [7, 11) is 0. The van der Waals surface area contributed by atoms with E-state index in [9.17, 15) is 4.79 Å². The molecule has 0 aliphatic heterocycles. The lowest BCUT2D eigenvalue weighted by Gasteiger charge is -2.32. The molecule has 0 aromatic heterocycles. The molecule has 0 heterocycles. The molecule has 0 spiro atoms. The van der Waals surface area contributed by atoms with Crippen molar-refractivity contribution >= 4 is 5.91 Å². The summed E-state index contributed by atoms with van der Waals surface area (Å²) in [6, 6.07) is 0.355. The Balaban J connectivity index is 1.96. The molecule has 0 saturated heterocycles. The third kappa shape index (κ3) is 3.74. The Morgan fingerprint density at radius 2 is 2.31 bits per heavy atom. The van der Waals surface area contributed by atoms with Gasteiger partial charge in [0, 0.05) is 19.2 Å². The van der Waals surface area contributed by atoms with E-state index in [1.165, 1.54) is 0 Å². The summed E-state index contributed by atoms with van der Waals surface area (Å²) >= 11 is 0. The predicted octanol–water partition coefficient (Wildman–Crippen LogP) is -0.124. The van der Waals surface area contributed by atoms with Gasteiger partial charge in [-0.3, -0.25) is 4.79 Å². The monoisotopic (exact) mass is 186 g/mol. The van der Waals surface area contributed by atoms with E-state index in [0.717, 1.165) is 19.4 Å². The van der Waals surface area contributed by atoms with Gasteiger partial charge in [0.25, 0.3) is 0 Å². The highest BCUT2D eigenvalue weighted by molar-refractivity contribution is 5.77. The SMILES string of the molecule is CCOCC(=O)NCC1CC(N)C1. The van der Waals surface area contributed by atoms with Gasteiger partial charge in [-0.15, -0.1) is 0 Å². The molecule has 0 aromatic rings. The minimum absolute atomic E-state index is 0.0256. The zero-order valence-electron chi connectivity index (χ0n) is 8.08. The fourth-order valence-electron chi connectivity index (χ4n) is 1.46. The van der Waals surface area contributed by atoms with Crippen molar-refractivity contribution in [3.63, 3.8) is 0 Å². The smallest absolute Gasteiger partial charge is 0.246 e. The number of carbonyl (C=O) groups excluding carboxylic acids is 1. The number of nitrogens with two attached hydrogens (primary N) is 1. The molecule has 1 rings (SSSR count). The van der Waals surface area contributed by atoms with Gasteiger partial charge < -0.3 is 15.8 Å². The molecule has 1 saturated carbocycles. The van der Waals surface area contributed by atoms with Crippen LogP contribution in [0.15, 0.2) is 0 Å². The molecule has 1 aliphatic rings. The summed E-state index contributed by atoms with van der Waals surface area (Å²) < 4.78 is 4.96. The summed E-state index contributed by atoms with van der Waals surface area (Å²) in [5, 5.41) is 2.82. The van der Waals surface area contributed by atoms with E-state index in [0.29, 0.717) is 18.6 Å². The Morgan fingerprint density at radius 1 is 1.62 bits per heavy atom. The van der Waals surface area contributed by atoms with Gasteiger partial charge in [-0.1, -0.05) is 0 Å². The topological polar surface area (TPSA) is 64.3 Å². The lowest BCUT2D eigenvalue weighted by atomic mass is 9.81. The minimum Gasteiger partial charge on any atom is -0.372 e. The van der Waals surface area contributed by atoms with Gasteiger partial charge in [-0.05, 0) is 25.7 Å². The Bertz CT molecular complexity index is 167. The van der Waals surface area contributed by atoms with Crippen LogP contribution in [0.25, 0.3) is 0 Å². The molecule has 13 heavy (non-hydrogen) atoms. The number of hydrogen-bond donors (Lipinski definition) is 2. The number of carbonyl (C=O) groups is 1. The summed E-state index contributed by atoms with van der Waals surface area (Å²) in [5.41, 5.74) is 5.62. The van der Waals surface area contributed by atoms with Crippen LogP contribution in [0.4, 0.5) is 0 Å². The van der Waals surface area contributed by atoms with Crippen LogP contribution in [0.2, 0.25) is 0 Å². The molecule has 1 amide bonds. The van der Waals surface area contributed by atoms with Crippen LogP contribution in [0.5, 0.6) is 0 Å². The first-order valence-corrected chi connectivity index (χ1v) is 4.82. The van der Waals surface area contributed by atoms with Gasteiger partial charge in [0.05, 0.1) is 0 Å². The highest BCUT2D eigenvalue weighted by atomic mass is 16.5. The molecule has 0 radical (unpaired) electrons. The zero-order chi connectivity index (χ0) is 9.68. The van der Waals surface area contributed by atoms with Crippen molar-refractivity contribution in [3.05, 3.63) is 0 Å². The van der Waals surface area contributed by atoms with Crippen molar-refractivity contribution in [2.24, 2.45) is 11.7 Å². The van der Waals surface area contributed by atoms with Crippen molar-refractivity contribution in [2.75, 3.05) is 19.8 Å². The van der Waals surface area contributed by atoms with Gasteiger partial charge in [0.2, 0.25) is 5.91 Å². The van der Waals surface area contributed by atoms with E-state index in [2.05, 4.69) is 5.32 Å². The van der Waals surface area contributed by atoms with Gasteiger partial charge in [-0.2, -0.15) is 0 Å². The molecule has 0 bridgehead atoms. The molecule has 0 aromatic carbocycles. The van der Waals surface area contributed by atoms with Crippen molar-refractivity contribution in [1.29, 1.82) is 0 Å². The molecule has 0 unspecified atom stereocenters. The molecule has 4 heteroatoms. The molecule has 0 atom stereocenters. The number of ether oxygens (including phenoxy) is 1. The van der Waals surface area contributed by atoms with Crippen LogP contribution >= 0.6 is 0 Å². The first-order valence-electron chi connectivity index (χ1n) is 4.82. The fourth-order valence-corrected chi connectivity index (χ4v) is 1.46. The molecule has 1 fully saturated rings. The predicted molar refractivity (Wildman–Crippen MR) is 50.2 cm³/mol. The third-order valence-electron chi connectivity index (χ3n) is 2.30. The van der Waals surface area contributed by atoms with Crippen LogP contribution in [-0.2, 0) is 9.53 Å². The Hall–Kier alpha value is -0.610. The normalized spacial score (nSPS) is 26.6. The highest BCUT2D eigenvalue weighted by Gasteiger charge is 2.25. The quantitative estimate of drug-likeness (QED) is 0.629. The fraction of sp³-hybridized carbons (Fsp3) is 0.889. The average molecular weight is 186 g/mol. The van der Waals surface area contributed by atoms with Crippen molar-refractivity contribution in [2.45, 2.75) is 25.8 Å². The van der Waals surface area contributed by atoms with E-state index in [1.54, 1.807) is 0 Å². The van der Waals surface area contributed by atoms with E-state index in [4.69, 9.17) is 10.5 Å². The molecular weight excluding hydrogens is 168 g/mol. The van der Waals surface area contributed by atoms with Crippen LogP contribution < -0.4 is 11.1 Å². The van der Waals surface area contributed by atoms with Crippen molar-refractivity contribution in [3.8, 4) is 0 Å². The van der Waals surface area contributed by atoms with Crippen LogP contribution in [0.3, 0.4) is 0 Å². The first-order chi connectivity index (χ1) is 6.22. The average Bonchev–Trinajstić information content (AvgIpc) is 2.07. The second-order valence-electron chi connectivity index (χ2n) is 3.54. The molecule has 76 valence electrons. The Kier molecular flexibility index (Phi) is 4.18. The largest absolute Gasteiger partial charge is 0.372 e. The molecular formula is C9H18N2O2.